The molecule has 0 aliphatic carbocycles. The number of fused-ring (bicyclic) bond motifs is 18. The first-order valence-electron chi connectivity index (χ1n) is 31.9. The van der Waals surface area contributed by atoms with E-state index in [-0.39, 0.29) is 81.6 Å². The van der Waals surface area contributed by atoms with E-state index in [1.165, 1.54) is 51.6 Å². The maximum Gasteiger partial charge on any atom is 0.329 e. The van der Waals surface area contributed by atoms with Gasteiger partial charge in [0.2, 0.25) is 19.5 Å². The Labute approximate surface area is 570 Å². The Morgan fingerprint density at radius 3 is 1.48 bits per heavy atom. The van der Waals surface area contributed by atoms with Gasteiger partial charge >= 0.3 is 23.9 Å². The van der Waals surface area contributed by atoms with Crippen LogP contribution in [0, 0.1) is 50.4 Å². The van der Waals surface area contributed by atoms with Gasteiger partial charge in [-0.1, -0.05) is 38.6 Å². The fraction of sp³-hybridized carbons (Fsp3) is 0.500. The van der Waals surface area contributed by atoms with Crippen molar-refractivity contribution in [2.75, 3.05) is 65.6 Å². The number of nitrogens with zero attached hydrogens (tertiary/aromatic N) is 6. The van der Waals surface area contributed by atoms with E-state index in [0.717, 1.165) is 22.3 Å². The molecular formula is C70H80N8O17S2. The van der Waals surface area contributed by atoms with E-state index in [9.17, 15) is 44.7 Å². The molecule has 14 atom stereocenters. The molecule has 4 aromatic rings. The van der Waals surface area contributed by atoms with Crippen LogP contribution in [-0.4, -0.2) is 174 Å². The number of benzene rings is 4. The molecule has 514 valence electrons. The Morgan fingerprint density at radius 2 is 1.08 bits per heavy atom. The molecule has 0 radical (unpaired) electrons. The van der Waals surface area contributed by atoms with Gasteiger partial charge in [0, 0.05) is 114 Å². The second kappa shape index (κ2) is 26.8. The molecule has 97 heavy (non-hydrogen) atoms. The number of carbonyl (C=O) groups excluding carboxylic acids is 5. The van der Waals surface area contributed by atoms with Gasteiger partial charge in [0.25, 0.3) is 0 Å². The number of nitrogens with one attached hydrogen (secondary N) is 1. The van der Waals surface area contributed by atoms with Gasteiger partial charge in [-0.2, -0.15) is 10.5 Å². The Bertz CT molecular complexity index is 4060. The van der Waals surface area contributed by atoms with E-state index >= 15 is 0 Å². The zero-order valence-electron chi connectivity index (χ0n) is 54.7. The van der Waals surface area contributed by atoms with Crippen molar-refractivity contribution in [2.24, 2.45) is 5.73 Å². The number of cyclic esters (lactones) is 2. The average molecular weight is 1370 g/mol. The van der Waals surface area contributed by atoms with Crippen LogP contribution in [0.1, 0.15) is 136 Å². The molecule has 14 rings (SSSR count). The van der Waals surface area contributed by atoms with Gasteiger partial charge in [-0.3, -0.25) is 38.8 Å². The first kappa shape index (κ1) is 68.5. The molecule has 0 spiro atoms. The van der Waals surface area contributed by atoms with Crippen molar-refractivity contribution >= 4 is 53.3 Å². The lowest BCUT2D eigenvalue weighted by Crippen LogP contribution is -2.70. The zero-order valence-corrected chi connectivity index (χ0v) is 56.3. The third kappa shape index (κ3) is 10.8. The number of nitriles is 2. The number of thioether (sulfide) groups is 2. The SMILES string of the molecule is C.C=CCN1[C@@H]2c3c(cc(C)c(OC)c3O)C[C@H]1[C@H](C#N)N1C2[C@@H]2SCC(N)C(=O)OC[C@H]1c1c3c(c(C)c(OC(C)=O)c12)OCO3.C=CCN1[C@@H]2c3c(cc(C)c(OC)c3O)C[C@H]1[C@H](C#N)N1C2[C@@H]2SCC(NC(=O)CC)C(=O)OC[C@H]1c1c3c(c(C)c(OC(C)=O)c12)OCO3. The summed E-state index contributed by atoms with van der Waals surface area (Å²) in [7, 11) is 3.05. The van der Waals surface area contributed by atoms with Crippen LogP contribution in [-0.2, 0) is 46.3 Å². The Morgan fingerprint density at radius 1 is 0.660 bits per heavy atom. The lowest BCUT2D eigenvalue weighted by molar-refractivity contribution is -0.153. The van der Waals surface area contributed by atoms with Gasteiger partial charge < -0.3 is 68.6 Å². The topological polar surface area (TPSA) is 317 Å². The molecule has 10 heterocycles. The summed E-state index contributed by atoms with van der Waals surface area (Å²) < 4.78 is 59.4. The standard InChI is InChI=1S/C36H40N4O9S.C33H36N4O8S.CH4/c1-7-9-39-21-11-19-10-16(3)31(45-6)30(43)25(19)28(39)29-35-27-26(34-33(47-15-48-34)17(4)32(27)49-18(5)41)23(40(29)22(21)12-37)13-46-36(44)20(14-50-35)38-24(42)8-2;1-6-7-36-19-9-17-8-14(2)28(41-5)27(39)22(17)25(36)26-32-24-23(31-30(43-13-44-31)15(3)29(24)45-16(4)38)21(37(26)20(19)10-34)11-42-33(40)18(35)12-46-32;/h7,10,20-23,28-29,35,43H,1,8-9,11,13-15H2,2-6H3,(H,38,42);6,8,18-21,25-26,32,39H,1,7,9,11-13,35H2,2-5H3;1H4/t20?,21-,22-,23-,28+,29?,35+;18?,19-,20-,21-,25+,26?,32+;/m00./s1. The third-order valence-electron chi connectivity index (χ3n) is 20.3. The number of phenols is 2. The normalized spacial score (nSPS) is 28.4. The lowest BCUT2D eigenvalue weighted by Gasteiger charge is -2.62. The van der Waals surface area contributed by atoms with Gasteiger partial charge in [-0.05, 0) is 62.8 Å². The minimum atomic E-state index is -0.960. The number of aromatic hydroxyl groups is 2. The van der Waals surface area contributed by atoms with E-state index in [1.807, 2.05) is 32.9 Å². The molecule has 25 nitrogen and oxygen atoms in total. The van der Waals surface area contributed by atoms with Crippen LogP contribution >= 0.6 is 23.5 Å². The van der Waals surface area contributed by atoms with Crippen LogP contribution in [0.3, 0.4) is 0 Å². The summed E-state index contributed by atoms with van der Waals surface area (Å²) in [6.45, 7) is 20.3. The summed E-state index contributed by atoms with van der Waals surface area (Å²) in [5.41, 5.74) is 15.0. The number of hydrogen-bond donors (Lipinski definition) is 4. The van der Waals surface area contributed by atoms with Crippen molar-refractivity contribution in [1.29, 1.82) is 10.5 Å². The number of amides is 1. The average Bonchev–Trinajstić information content (AvgIpc) is 1.34. The molecule has 10 aliphatic rings. The van der Waals surface area contributed by atoms with Crippen LogP contribution < -0.4 is 48.9 Å². The van der Waals surface area contributed by atoms with Gasteiger partial charge in [-0.25, -0.2) is 4.79 Å². The number of hydrogen-bond acceptors (Lipinski definition) is 26. The molecule has 0 aromatic heterocycles. The smallest absolute Gasteiger partial charge is 0.329 e. The second-order valence-corrected chi connectivity index (χ2v) is 27.8. The number of phenolic OH excluding ortho intramolecular Hbond substituents is 2. The van der Waals surface area contributed by atoms with E-state index in [2.05, 4.69) is 50.2 Å². The summed E-state index contributed by atoms with van der Waals surface area (Å²) >= 11 is 2.83. The molecule has 4 aromatic carbocycles. The van der Waals surface area contributed by atoms with E-state index in [0.29, 0.717) is 116 Å². The van der Waals surface area contributed by atoms with Crippen LogP contribution in [0.2, 0.25) is 0 Å². The summed E-state index contributed by atoms with van der Waals surface area (Å²) in [5, 5.41) is 47.6. The summed E-state index contributed by atoms with van der Waals surface area (Å²) in [6, 6.07) is 1.97. The van der Waals surface area contributed by atoms with Gasteiger partial charge in [-0.15, -0.1) is 36.7 Å². The number of aryl methyl sites for hydroxylation is 2. The van der Waals surface area contributed by atoms with Gasteiger partial charge in [0.15, 0.2) is 46.0 Å². The predicted molar refractivity (Wildman–Crippen MR) is 355 cm³/mol. The second-order valence-electron chi connectivity index (χ2n) is 25.5. The molecular weight excluding hydrogens is 1290 g/mol. The summed E-state index contributed by atoms with van der Waals surface area (Å²) in [4.78, 5) is 73.3. The zero-order chi connectivity index (χ0) is 68.2. The van der Waals surface area contributed by atoms with Gasteiger partial charge in [0.05, 0.1) is 61.0 Å². The molecule has 4 unspecified atom stereocenters. The Balaban J connectivity index is 0.000000184. The number of carbonyl (C=O) groups is 5. The highest BCUT2D eigenvalue weighted by molar-refractivity contribution is 7.99. The third-order valence-corrected chi connectivity index (χ3v) is 23.2. The maximum absolute atomic E-state index is 13.6. The minimum absolute atomic E-state index is 0. The first-order chi connectivity index (χ1) is 46.2. The number of methoxy groups -OCH3 is 2. The Kier molecular flexibility index (Phi) is 18.9. The lowest BCUT2D eigenvalue weighted by atomic mass is 9.71. The highest BCUT2D eigenvalue weighted by Gasteiger charge is 2.64. The van der Waals surface area contributed by atoms with Crippen molar-refractivity contribution < 1.29 is 81.6 Å². The highest BCUT2D eigenvalue weighted by Crippen LogP contribution is 2.67. The molecule has 1 amide bonds. The molecule has 5 N–H and O–H groups in total. The predicted octanol–water partition coefficient (Wildman–Crippen LogP) is 7.43. The van der Waals surface area contributed by atoms with Crippen LogP contribution in [0.5, 0.6) is 57.5 Å². The molecule has 27 heteroatoms. The largest absolute Gasteiger partial charge is 0.504 e. The van der Waals surface area contributed by atoms with E-state index in [1.54, 1.807) is 26.0 Å². The molecule has 8 bridgehead atoms. The van der Waals surface area contributed by atoms with Crippen molar-refractivity contribution in [3.8, 4) is 69.6 Å². The molecule has 0 saturated carbocycles. The van der Waals surface area contributed by atoms with E-state index in [4.69, 9.17) is 53.1 Å². The monoisotopic (exact) mass is 1370 g/mol. The fourth-order valence-electron chi connectivity index (χ4n) is 16.8. The maximum atomic E-state index is 13.6. The van der Waals surface area contributed by atoms with E-state index < -0.39 is 94.8 Å². The summed E-state index contributed by atoms with van der Waals surface area (Å²) in [6.07, 6.45) is 4.74. The van der Waals surface area contributed by atoms with Gasteiger partial charge in [0.1, 0.15) is 48.9 Å². The highest BCUT2D eigenvalue weighted by atomic mass is 32.2. The van der Waals surface area contributed by atoms with Crippen LogP contribution in [0.4, 0.5) is 0 Å². The molecule has 10 aliphatic heterocycles. The molecule has 4 saturated heterocycles. The van der Waals surface area contributed by atoms with Crippen molar-refractivity contribution in [3.63, 3.8) is 0 Å². The molecule has 4 fully saturated rings. The van der Waals surface area contributed by atoms with Crippen LogP contribution in [0.15, 0.2) is 37.4 Å². The number of piperazine rings is 2. The van der Waals surface area contributed by atoms with Crippen LogP contribution in [0.25, 0.3) is 0 Å². The quantitative estimate of drug-likeness (QED) is 0.0681. The first-order valence-corrected chi connectivity index (χ1v) is 34.0. The number of ether oxygens (including phenoxy) is 10. The number of esters is 4. The fourth-order valence-corrected chi connectivity index (χ4v) is 19.8. The minimum Gasteiger partial charge on any atom is -0.504 e. The van der Waals surface area contributed by atoms with Crippen molar-refractivity contribution in [1.82, 2.24) is 24.9 Å². The number of rotatable bonds is 10. The summed E-state index contributed by atoms with van der Waals surface area (Å²) in [5.74, 6) is 1.13. The van der Waals surface area contributed by atoms with Crippen molar-refractivity contribution in [2.45, 2.75) is 158 Å². The number of nitrogens with two attached hydrogens (primary N) is 1. The Hall–Kier alpha value is -8.41. The van der Waals surface area contributed by atoms with Crippen molar-refractivity contribution in [3.05, 3.63) is 104 Å².